The Morgan fingerprint density at radius 3 is 2.13 bits per heavy atom. The second-order valence-corrected chi connectivity index (χ2v) is 7.38. The van der Waals surface area contributed by atoms with Gasteiger partial charge in [0.05, 0.1) is 12.8 Å². The molecule has 0 fully saturated rings. The molecule has 0 aliphatic carbocycles. The topological polar surface area (TPSA) is 76.7 Å². The quantitative estimate of drug-likeness (QED) is 0.505. The molecule has 7 heteroatoms. The van der Waals surface area contributed by atoms with Gasteiger partial charge >= 0.3 is 0 Å². The third-order valence-electron chi connectivity index (χ3n) is 4.20. The zero-order valence-electron chi connectivity index (χ0n) is 16.6. The molecule has 0 radical (unpaired) electrons. The maximum Gasteiger partial charge on any atom is 0.262 e. The summed E-state index contributed by atoms with van der Waals surface area (Å²) in [4.78, 5) is 23.6. The number of nitrogens with one attached hydrogen (secondary N) is 2. The fourth-order valence-electron chi connectivity index (χ4n) is 2.81. The summed E-state index contributed by atoms with van der Waals surface area (Å²) in [6.45, 7) is 1.25. The smallest absolute Gasteiger partial charge is 0.262 e. The van der Waals surface area contributed by atoms with E-state index in [1.165, 1.54) is 14.0 Å². The van der Waals surface area contributed by atoms with Crippen LogP contribution < -0.4 is 20.1 Å². The Labute approximate surface area is 183 Å². The molecule has 3 aromatic carbocycles. The monoisotopic (exact) mass is 468 g/mol. The van der Waals surface area contributed by atoms with Crippen LogP contribution in [-0.4, -0.2) is 25.5 Å². The number of carbonyl (C=O) groups is 2. The number of anilines is 2. The Morgan fingerprint density at radius 1 is 0.900 bits per heavy atom. The minimum atomic E-state index is -0.342. The van der Waals surface area contributed by atoms with Gasteiger partial charge in [0.25, 0.3) is 5.91 Å². The maximum atomic E-state index is 12.3. The van der Waals surface area contributed by atoms with E-state index in [9.17, 15) is 9.59 Å². The van der Waals surface area contributed by atoms with Crippen molar-refractivity contribution in [3.63, 3.8) is 0 Å². The van der Waals surface area contributed by atoms with Gasteiger partial charge in [-0.1, -0.05) is 40.2 Å². The molecule has 154 valence electrons. The predicted octanol–water partition coefficient (Wildman–Crippen LogP) is 5.10. The number of halogens is 1. The number of hydrogen-bond acceptors (Lipinski definition) is 4. The first-order chi connectivity index (χ1) is 14.4. The Bertz CT molecular complexity index is 1030. The molecule has 0 saturated heterocycles. The van der Waals surface area contributed by atoms with Crippen molar-refractivity contribution in [1.29, 1.82) is 0 Å². The molecule has 0 unspecified atom stereocenters. The van der Waals surface area contributed by atoms with Gasteiger partial charge in [0.2, 0.25) is 5.91 Å². The molecule has 2 amide bonds. The van der Waals surface area contributed by atoms with E-state index >= 15 is 0 Å². The predicted molar refractivity (Wildman–Crippen MR) is 121 cm³/mol. The second-order valence-electron chi connectivity index (χ2n) is 6.46. The van der Waals surface area contributed by atoms with Crippen molar-refractivity contribution < 1.29 is 19.1 Å². The van der Waals surface area contributed by atoms with Gasteiger partial charge in [0.15, 0.2) is 6.61 Å². The zero-order valence-corrected chi connectivity index (χ0v) is 18.2. The van der Waals surface area contributed by atoms with Gasteiger partial charge in [-0.25, -0.2) is 0 Å². The van der Waals surface area contributed by atoms with Crippen LogP contribution >= 0.6 is 15.9 Å². The van der Waals surface area contributed by atoms with Gasteiger partial charge < -0.3 is 20.1 Å². The lowest BCUT2D eigenvalue weighted by atomic mass is 10.1. The lowest BCUT2D eigenvalue weighted by Crippen LogP contribution is -2.20. The molecule has 0 spiro atoms. The second kappa shape index (κ2) is 9.93. The van der Waals surface area contributed by atoms with Crippen LogP contribution in [0.2, 0.25) is 0 Å². The first-order valence-electron chi connectivity index (χ1n) is 9.19. The Morgan fingerprint density at radius 2 is 1.53 bits per heavy atom. The number of rotatable bonds is 7. The van der Waals surface area contributed by atoms with Crippen LogP contribution in [-0.2, 0) is 9.59 Å². The Balaban J connectivity index is 1.60. The SMILES string of the molecule is COc1ccc(NC(C)=O)cc1NC(=O)COc1ccc(-c2ccc(Br)cc2)cc1. The van der Waals surface area contributed by atoms with E-state index in [0.717, 1.165) is 15.6 Å². The van der Waals surface area contributed by atoms with E-state index in [0.29, 0.717) is 22.9 Å². The zero-order chi connectivity index (χ0) is 21.5. The molecule has 3 rings (SSSR count). The minimum absolute atomic E-state index is 0.162. The first kappa shape index (κ1) is 21.4. The molecule has 0 heterocycles. The highest BCUT2D eigenvalue weighted by molar-refractivity contribution is 9.10. The normalized spacial score (nSPS) is 10.2. The lowest BCUT2D eigenvalue weighted by Gasteiger charge is -2.13. The summed E-state index contributed by atoms with van der Waals surface area (Å²) >= 11 is 3.43. The average molecular weight is 469 g/mol. The lowest BCUT2D eigenvalue weighted by molar-refractivity contribution is -0.118. The Hall–Kier alpha value is -3.32. The number of carbonyl (C=O) groups excluding carboxylic acids is 2. The standard InChI is InChI=1S/C23H21BrN2O4/c1-15(27)25-19-9-12-22(29-2)21(13-19)26-23(28)14-30-20-10-5-17(6-11-20)16-3-7-18(24)8-4-16/h3-13H,14H2,1-2H3,(H,25,27)(H,26,28). The summed E-state index contributed by atoms with van der Waals surface area (Å²) < 4.78 is 11.9. The van der Waals surface area contributed by atoms with E-state index in [4.69, 9.17) is 9.47 Å². The van der Waals surface area contributed by atoms with Crippen LogP contribution in [0, 0.1) is 0 Å². The number of ether oxygens (including phenoxy) is 2. The highest BCUT2D eigenvalue weighted by Crippen LogP contribution is 2.28. The largest absolute Gasteiger partial charge is 0.495 e. The van der Waals surface area contributed by atoms with Gasteiger partial charge in [-0.05, 0) is 53.6 Å². The van der Waals surface area contributed by atoms with Gasteiger partial charge in [0, 0.05) is 17.1 Å². The van der Waals surface area contributed by atoms with Crippen molar-refractivity contribution in [2.24, 2.45) is 0 Å². The molecule has 0 aromatic heterocycles. The first-order valence-corrected chi connectivity index (χ1v) is 9.98. The third kappa shape index (κ3) is 5.84. The minimum Gasteiger partial charge on any atom is -0.495 e. The summed E-state index contributed by atoms with van der Waals surface area (Å²) in [6, 6.07) is 20.5. The Kier molecular flexibility index (Phi) is 7.08. The number of methoxy groups -OCH3 is 1. The molecule has 2 N–H and O–H groups in total. The van der Waals surface area contributed by atoms with E-state index in [2.05, 4.69) is 26.6 Å². The molecule has 0 aliphatic rings. The van der Waals surface area contributed by atoms with Crippen molar-refractivity contribution in [2.45, 2.75) is 6.92 Å². The fourth-order valence-corrected chi connectivity index (χ4v) is 3.07. The van der Waals surface area contributed by atoms with Crippen molar-refractivity contribution >= 4 is 39.1 Å². The van der Waals surface area contributed by atoms with Crippen LogP contribution in [0.4, 0.5) is 11.4 Å². The van der Waals surface area contributed by atoms with Gasteiger partial charge in [0.1, 0.15) is 11.5 Å². The summed E-state index contributed by atoms with van der Waals surface area (Å²) in [6.07, 6.45) is 0. The van der Waals surface area contributed by atoms with Crippen molar-refractivity contribution in [1.82, 2.24) is 0 Å². The summed E-state index contributed by atoms with van der Waals surface area (Å²) in [5.74, 6) is 0.527. The van der Waals surface area contributed by atoms with Gasteiger partial charge in [-0.3, -0.25) is 9.59 Å². The molecular formula is C23H21BrN2O4. The van der Waals surface area contributed by atoms with E-state index in [-0.39, 0.29) is 18.4 Å². The highest BCUT2D eigenvalue weighted by Gasteiger charge is 2.10. The highest BCUT2D eigenvalue weighted by atomic mass is 79.9. The fraction of sp³-hybridized carbons (Fsp3) is 0.130. The molecule has 6 nitrogen and oxygen atoms in total. The van der Waals surface area contributed by atoms with E-state index in [1.54, 1.807) is 18.2 Å². The summed E-state index contributed by atoms with van der Waals surface area (Å²) in [5, 5.41) is 5.41. The summed E-state index contributed by atoms with van der Waals surface area (Å²) in [7, 11) is 1.51. The number of amides is 2. The van der Waals surface area contributed by atoms with Gasteiger partial charge in [-0.2, -0.15) is 0 Å². The van der Waals surface area contributed by atoms with Crippen LogP contribution in [0.15, 0.2) is 71.2 Å². The van der Waals surface area contributed by atoms with Crippen molar-refractivity contribution in [3.8, 4) is 22.6 Å². The van der Waals surface area contributed by atoms with E-state index in [1.807, 2.05) is 48.5 Å². The van der Waals surface area contributed by atoms with Gasteiger partial charge in [-0.15, -0.1) is 0 Å². The van der Waals surface area contributed by atoms with E-state index < -0.39 is 0 Å². The molecule has 0 atom stereocenters. The maximum absolute atomic E-state index is 12.3. The van der Waals surface area contributed by atoms with Crippen LogP contribution in [0.25, 0.3) is 11.1 Å². The van der Waals surface area contributed by atoms with Crippen LogP contribution in [0.3, 0.4) is 0 Å². The molecule has 0 aliphatic heterocycles. The number of hydrogen-bond donors (Lipinski definition) is 2. The molecule has 30 heavy (non-hydrogen) atoms. The molecule has 0 bridgehead atoms. The van der Waals surface area contributed by atoms with Crippen molar-refractivity contribution in [2.75, 3.05) is 24.4 Å². The number of benzene rings is 3. The summed E-state index contributed by atoms with van der Waals surface area (Å²) in [5.41, 5.74) is 3.15. The molecular weight excluding hydrogens is 448 g/mol. The van der Waals surface area contributed by atoms with Crippen LogP contribution in [0.1, 0.15) is 6.92 Å². The molecule has 0 saturated carbocycles. The van der Waals surface area contributed by atoms with Crippen LogP contribution in [0.5, 0.6) is 11.5 Å². The third-order valence-corrected chi connectivity index (χ3v) is 4.72. The van der Waals surface area contributed by atoms with Crippen molar-refractivity contribution in [3.05, 3.63) is 71.2 Å². The molecule has 3 aromatic rings. The average Bonchev–Trinajstić information content (AvgIpc) is 2.73.